The molecule has 0 aliphatic carbocycles. The highest BCUT2D eigenvalue weighted by atomic mass is 32.2. The number of Topliss-reactive ketones (excluding diaryl/α,β-unsaturated/α-hetero) is 1. The minimum atomic E-state index is -4.03. The number of hydrogen-bond donors (Lipinski definition) is 1. The van der Waals surface area contributed by atoms with Crippen LogP contribution in [0.1, 0.15) is 21.5 Å². The third-order valence-corrected chi connectivity index (χ3v) is 6.85. The molecule has 0 saturated heterocycles. The summed E-state index contributed by atoms with van der Waals surface area (Å²) in [6.45, 7) is 1.28. The summed E-state index contributed by atoms with van der Waals surface area (Å²) in [7, 11) is -4.03. The van der Waals surface area contributed by atoms with Gasteiger partial charge in [0, 0.05) is 6.07 Å². The van der Waals surface area contributed by atoms with E-state index in [-0.39, 0.29) is 17.1 Å². The Balaban J connectivity index is 1.47. The molecule has 4 aromatic rings. The quantitative estimate of drug-likeness (QED) is 0.313. The largest absolute Gasteiger partial charge is 0.489 e. The van der Waals surface area contributed by atoms with E-state index < -0.39 is 28.2 Å². The maximum Gasteiger partial charge on any atom is 0.241 e. The van der Waals surface area contributed by atoms with Crippen LogP contribution in [0.5, 0.6) is 5.75 Å². The number of rotatable bonds is 9. The molecule has 178 valence electrons. The molecule has 0 saturated carbocycles. The Morgan fingerprint density at radius 1 is 0.857 bits per heavy atom. The Hall–Kier alpha value is -3.81. The first kappa shape index (κ1) is 24.3. The van der Waals surface area contributed by atoms with Crippen LogP contribution in [0.4, 0.5) is 4.39 Å². The lowest BCUT2D eigenvalue weighted by molar-refractivity contribution is 0.0993. The molecule has 0 aromatic heterocycles. The molecule has 0 radical (unpaired) electrons. The first-order valence-electron chi connectivity index (χ1n) is 11.0. The van der Waals surface area contributed by atoms with Crippen molar-refractivity contribution in [2.45, 2.75) is 18.4 Å². The zero-order valence-electron chi connectivity index (χ0n) is 19.1. The van der Waals surface area contributed by atoms with E-state index >= 15 is 0 Å². The number of ether oxygens (including phenoxy) is 1. The van der Waals surface area contributed by atoms with Crippen molar-refractivity contribution in [2.24, 2.45) is 0 Å². The van der Waals surface area contributed by atoms with Crippen molar-refractivity contribution in [3.63, 3.8) is 0 Å². The van der Waals surface area contributed by atoms with E-state index in [0.29, 0.717) is 16.9 Å². The van der Waals surface area contributed by atoms with Gasteiger partial charge in [0.25, 0.3) is 0 Å². The second kappa shape index (κ2) is 10.6. The highest BCUT2D eigenvalue weighted by Gasteiger charge is 2.20. The Bertz CT molecular complexity index is 1440. The fraction of sp³-hybridized carbons (Fsp3) is 0.107. The van der Waals surface area contributed by atoms with Crippen molar-refractivity contribution >= 4 is 15.8 Å². The van der Waals surface area contributed by atoms with Crippen LogP contribution in [0.3, 0.4) is 0 Å². The summed E-state index contributed by atoms with van der Waals surface area (Å²) >= 11 is 0. The number of sulfonamides is 1. The fourth-order valence-electron chi connectivity index (χ4n) is 3.58. The van der Waals surface area contributed by atoms with Crippen molar-refractivity contribution in [3.8, 4) is 16.9 Å². The van der Waals surface area contributed by atoms with Crippen molar-refractivity contribution in [1.82, 2.24) is 4.72 Å². The summed E-state index contributed by atoms with van der Waals surface area (Å²) in [5.41, 5.74) is 2.60. The molecule has 0 amide bonds. The van der Waals surface area contributed by atoms with Crippen LogP contribution >= 0.6 is 0 Å². The number of hydrogen-bond acceptors (Lipinski definition) is 4. The monoisotopic (exact) mass is 489 g/mol. The first-order valence-corrected chi connectivity index (χ1v) is 12.5. The molecule has 0 fully saturated rings. The van der Waals surface area contributed by atoms with Gasteiger partial charge in [-0.2, -0.15) is 0 Å². The van der Waals surface area contributed by atoms with Gasteiger partial charge in [-0.3, -0.25) is 4.79 Å². The summed E-state index contributed by atoms with van der Waals surface area (Å²) in [5.74, 6) is -0.950. The molecule has 0 bridgehead atoms. The van der Waals surface area contributed by atoms with E-state index in [1.807, 2.05) is 60.7 Å². The second-order valence-electron chi connectivity index (χ2n) is 8.02. The highest BCUT2D eigenvalue weighted by Crippen LogP contribution is 2.25. The number of benzene rings is 4. The molecule has 5 nitrogen and oxygen atoms in total. The van der Waals surface area contributed by atoms with Gasteiger partial charge in [0.1, 0.15) is 18.2 Å². The van der Waals surface area contributed by atoms with Gasteiger partial charge in [-0.1, -0.05) is 66.7 Å². The van der Waals surface area contributed by atoms with Gasteiger partial charge in [0.05, 0.1) is 17.0 Å². The summed E-state index contributed by atoms with van der Waals surface area (Å²) in [6, 6.07) is 27.9. The average Bonchev–Trinajstić information content (AvgIpc) is 2.89. The number of nitrogens with one attached hydrogen (secondary N) is 1. The number of ketones is 1. The van der Waals surface area contributed by atoms with Crippen molar-refractivity contribution in [1.29, 1.82) is 0 Å². The molecule has 0 spiro atoms. The molecular formula is C28H24FNO4S. The van der Waals surface area contributed by atoms with Crippen molar-refractivity contribution in [2.75, 3.05) is 6.54 Å². The summed E-state index contributed by atoms with van der Waals surface area (Å²) < 4.78 is 48.4. The molecule has 0 unspecified atom stereocenters. The third kappa shape index (κ3) is 6.01. The molecule has 0 heterocycles. The van der Waals surface area contributed by atoms with E-state index in [1.54, 1.807) is 25.1 Å². The van der Waals surface area contributed by atoms with Crippen LogP contribution in [0.15, 0.2) is 102 Å². The van der Waals surface area contributed by atoms with Crippen LogP contribution < -0.4 is 9.46 Å². The first-order chi connectivity index (χ1) is 16.8. The molecule has 4 aromatic carbocycles. The fourth-order valence-corrected chi connectivity index (χ4v) is 4.60. The molecule has 7 heteroatoms. The van der Waals surface area contributed by atoms with Crippen LogP contribution in [-0.4, -0.2) is 20.7 Å². The van der Waals surface area contributed by atoms with Gasteiger partial charge in [-0.15, -0.1) is 0 Å². The summed E-state index contributed by atoms with van der Waals surface area (Å²) in [6.07, 6.45) is 0. The SMILES string of the molecule is Cc1cc(-c2ccccc2)cc(C(=O)CNS(=O)(=O)c2cccc(OCc3ccccc3)c2)c1F. The smallest absolute Gasteiger partial charge is 0.241 e. The van der Waals surface area contributed by atoms with E-state index in [1.165, 1.54) is 18.2 Å². The van der Waals surface area contributed by atoms with Gasteiger partial charge in [0.2, 0.25) is 10.0 Å². The number of carbonyl (C=O) groups is 1. The lowest BCUT2D eigenvalue weighted by Gasteiger charge is -2.12. The second-order valence-corrected chi connectivity index (χ2v) is 9.78. The zero-order chi connectivity index (χ0) is 24.8. The Labute approximate surface area is 204 Å². The molecule has 0 aliphatic rings. The predicted molar refractivity (Wildman–Crippen MR) is 133 cm³/mol. The third-order valence-electron chi connectivity index (χ3n) is 5.45. The minimum absolute atomic E-state index is 0.0504. The standard InChI is InChI=1S/C28H24FNO4S/c1-20-15-23(22-11-6-3-7-12-22)16-26(28(20)29)27(31)18-30-35(32,33)25-14-8-13-24(17-25)34-19-21-9-4-2-5-10-21/h2-17,30H,18-19H2,1H3. The Morgan fingerprint density at radius 2 is 1.54 bits per heavy atom. The van der Waals surface area contributed by atoms with E-state index in [2.05, 4.69) is 4.72 Å². The minimum Gasteiger partial charge on any atom is -0.489 e. The highest BCUT2D eigenvalue weighted by molar-refractivity contribution is 7.89. The summed E-state index contributed by atoms with van der Waals surface area (Å²) in [5, 5.41) is 0. The number of aryl methyl sites for hydroxylation is 1. The molecule has 0 aliphatic heterocycles. The molecule has 1 N–H and O–H groups in total. The van der Waals surface area contributed by atoms with Crippen LogP contribution in [0, 0.1) is 12.7 Å². The van der Waals surface area contributed by atoms with Crippen molar-refractivity contribution < 1.29 is 22.3 Å². The lowest BCUT2D eigenvalue weighted by atomic mass is 9.98. The van der Waals surface area contributed by atoms with Crippen molar-refractivity contribution in [3.05, 3.63) is 120 Å². The van der Waals surface area contributed by atoms with Gasteiger partial charge in [-0.25, -0.2) is 17.5 Å². The molecular weight excluding hydrogens is 465 g/mol. The van der Waals surface area contributed by atoms with Gasteiger partial charge < -0.3 is 4.74 Å². The molecule has 0 atom stereocenters. The molecule has 35 heavy (non-hydrogen) atoms. The predicted octanol–water partition coefficient (Wildman–Crippen LogP) is 5.54. The number of carbonyl (C=O) groups excluding carboxylic acids is 1. The van der Waals surface area contributed by atoms with E-state index in [4.69, 9.17) is 4.74 Å². The zero-order valence-corrected chi connectivity index (χ0v) is 19.9. The van der Waals surface area contributed by atoms with E-state index in [0.717, 1.165) is 11.1 Å². The molecule has 4 rings (SSSR count). The topological polar surface area (TPSA) is 72.5 Å². The normalized spacial score (nSPS) is 11.3. The lowest BCUT2D eigenvalue weighted by Crippen LogP contribution is -2.30. The Morgan fingerprint density at radius 3 is 2.26 bits per heavy atom. The maximum absolute atomic E-state index is 14.8. The van der Waals surface area contributed by atoms with E-state index in [9.17, 15) is 17.6 Å². The maximum atomic E-state index is 14.8. The number of halogens is 1. The summed E-state index contributed by atoms with van der Waals surface area (Å²) in [4.78, 5) is 12.8. The van der Waals surface area contributed by atoms with Gasteiger partial charge in [-0.05, 0) is 53.4 Å². The Kier molecular flexibility index (Phi) is 7.39. The van der Waals surface area contributed by atoms with Crippen LogP contribution in [-0.2, 0) is 16.6 Å². The van der Waals surface area contributed by atoms with Gasteiger partial charge in [0.15, 0.2) is 5.78 Å². The van der Waals surface area contributed by atoms with Crippen LogP contribution in [0.25, 0.3) is 11.1 Å². The average molecular weight is 490 g/mol. The van der Waals surface area contributed by atoms with Gasteiger partial charge >= 0.3 is 0 Å². The van der Waals surface area contributed by atoms with Crippen LogP contribution in [0.2, 0.25) is 0 Å².